The lowest BCUT2D eigenvalue weighted by molar-refractivity contribution is -0.144. The van der Waals surface area contributed by atoms with Crippen molar-refractivity contribution < 1.29 is 14.4 Å². The molecule has 0 unspecified atom stereocenters. The first-order valence-electron chi connectivity index (χ1n) is 4.87. The minimum absolute atomic E-state index is 0.0305. The number of amides is 4. The summed E-state index contributed by atoms with van der Waals surface area (Å²) in [5.41, 5.74) is -0.731. The van der Waals surface area contributed by atoms with Gasteiger partial charge in [-0.2, -0.15) is 5.26 Å². The molecule has 0 aromatic carbocycles. The molecule has 1 rings (SSSR count). The molecule has 0 aromatic heterocycles. The van der Waals surface area contributed by atoms with Crippen molar-refractivity contribution in [3.05, 3.63) is 0 Å². The van der Waals surface area contributed by atoms with Gasteiger partial charge in [0.15, 0.2) is 0 Å². The van der Waals surface area contributed by atoms with E-state index in [1.165, 1.54) is 0 Å². The van der Waals surface area contributed by atoms with Gasteiger partial charge in [0.25, 0.3) is 0 Å². The molecule has 86 valence electrons. The molecule has 0 atom stereocenters. The molecule has 0 aromatic rings. The predicted octanol–water partition coefficient (Wildman–Crippen LogP) is 0.489. The van der Waals surface area contributed by atoms with Crippen molar-refractivity contribution in [1.82, 2.24) is 9.80 Å². The first-order valence-corrected chi connectivity index (χ1v) is 4.87. The van der Waals surface area contributed by atoms with Crippen LogP contribution in [-0.4, -0.2) is 39.7 Å². The third-order valence-corrected chi connectivity index (χ3v) is 2.17. The molecule has 0 saturated carbocycles. The van der Waals surface area contributed by atoms with Gasteiger partial charge in [0, 0.05) is 12.1 Å². The van der Waals surface area contributed by atoms with Crippen LogP contribution >= 0.6 is 0 Å². The maximum atomic E-state index is 11.8. The lowest BCUT2D eigenvalue weighted by Crippen LogP contribution is -2.46. The molecule has 1 saturated heterocycles. The Hall–Kier alpha value is -1.90. The van der Waals surface area contributed by atoms with Gasteiger partial charge >= 0.3 is 17.8 Å². The van der Waals surface area contributed by atoms with Crippen molar-refractivity contribution in [2.45, 2.75) is 32.7 Å². The minimum Gasteiger partial charge on any atom is -0.263 e. The Labute approximate surface area is 93.4 Å². The van der Waals surface area contributed by atoms with Crippen LogP contribution in [0.2, 0.25) is 0 Å². The molecular weight excluding hydrogens is 210 g/mol. The summed E-state index contributed by atoms with van der Waals surface area (Å²) in [6, 6.07) is 1.19. The van der Waals surface area contributed by atoms with Crippen molar-refractivity contribution in [3.8, 4) is 6.07 Å². The summed E-state index contributed by atoms with van der Waals surface area (Å²) in [6.07, 6.45) is 0.0305. The van der Waals surface area contributed by atoms with Gasteiger partial charge in [-0.1, -0.05) is 0 Å². The Bertz CT molecular complexity index is 389. The molecule has 16 heavy (non-hydrogen) atoms. The summed E-state index contributed by atoms with van der Waals surface area (Å²) in [4.78, 5) is 36.6. The SMILES string of the molecule is CC(C)(C)N1C(=O)C(=O)N(CCC#N)C1=O. The van der Waals surface area contributed by atoms with E-state index in [4.69, 9.17) is 5.26 Å². The van der Waals surface area contributed by atoms with Gasteiger partial charge in [0.2, 0.25) is 0 Å². The number of carbonyl (C=O) groups is 3. The molecule has 0 aliphatic carbocycles. The van der Waals surface area contributed by atoms with E-state index in [2.05, 4.69) is 0 Å². The van der Waals surface area contributed by atoms with Gasteiger partial charge in [-0.05, 0) is 20.8 Å². The predicted molar refractivity (Wildman–Crippen MR) is 53.9 cm³/mol. The van der Waals surface area contributed by atoms with Crippen molar-refractivity contribution in [3.63, 3.8) is 0 Å². The molecule has 1 aliphatic heterocycles. The van der Waals surface area contributed by atoms with E-state index in [0.717, 1.165) is 9.80 Å². The second-order valence-corrected chi connectivity index (χ2v) is 4.46. The normalized spacial score (nSPS) is 17.0. The highest BCUT2D eigenvalue weighted by Gasteiger charge is 2.48. The van der Waals surface area contributed by atoms with E-state index in [1.54, 1.807) is 20.8 Å². The smallest absolute Gasteiger partial charge is 0.263 e. The Kier molecular flexibility index (Phi) is 2.99. The Morgan fingerprint density at radius 1 is 1.19 bits per heavy atom. The topological polar surface area (TPSA) is 81.5 Å². The average Bonchev–Trinajstić information content (AvgIpc) is 2.35. The third kappa shape index (κ3) is 1.89. The Morgan fingerprint density at radius 2 is 1.75 bits per heavy atom. The van der Waals surface area contributed by atoms with Crippen molar-refractivity contribution in [2.24, 2.45) is 0 Å². The highest BCUT2D eigenvalue weighted by molar-refractivity contribution is 6.44. The van der Waals surface area contributed by atoms with Gasteiger partial charge in [-0.15, -0.1) is 0 Å². The molecule has 0 N–H and O–H groups in total. The van der Waals surface area contributed by atoms with Gasteiger partial charge in [-0.3, -0.25) is 19.4 Å². The maximum Gasteiger partial charge on any atom is 0.334 e. The number of hydrogen-bond donors (Lipinski definition) is 0. The van der Waals surface area contributed by atoms with Crippen LogP contribution in [0.5, 0.6) is 0 Å². The van der Waals surface area contributed by atoms with Crippen LogP contribution in [0.25, 0.3) is 0 Å². The molecular formula is C10H13N3O3. The standard InChI is InChI=1S/C10H13N3O3/c1-10(2,3)13-8(15)7(14)12(9(13)16)6-4-5-11/h4,6H2,1-3H3. The summed E-state index contributed by atoms with van der Waals surface area (Å²) in [6.45, 7) is 4.98. The third-order valence-electron chi connectivity index (χ3n) is 2.17. The van der Waals surface area contributed by atoms with Crippen LogP contribution in [-0.2, 0) is 9.59 Å². The van der Waals surface area contributed by atoms with E-state index in [1.807, 2.05) is 6.07 Å². The fourth-order valence-corrected chi connectivity index (χ4v) is 1.46. The monoisotopic (exact) mass is 223 g/mol. The summed E-state index contributed by atoms with van der Waals surface area (Å²) in [5, 5.41) is 8.39. The van der Waals surface area contributed by atoms with Gasteiger partial charge in [-0.25, -0.2) is 4.79 Å². The van der Waals surface area contributed by atoms with Crippen molar-refractivity contribution >= 4 is 17.8 Å². The quantitative estimate of drug-likeness (QED) is 0.504. The summed E-state index contributed by atoms with van der Waals surface area (Å²) in [5.74, 6) is -1.68. The van der Waals surface area contributed by atoms with E-state index in [9.17, 15) is 14.4 Å². The number of rotatable bonds is 2. The molecule has 0 radical (unpaired) electrons. The largest absolute Gasteiger partial charge is 0.334 e. The van der Waals surface area contributed by atoms with E-state index < -0.39 is 23.4 Å². The van der Waals surface area contributed by atoms with Crippen molar-refractivity contribution in [2.75, 3.05) is 6.54 Å². The minimum atomic E-state index is -0.852. The zero-order valence-electron chi connectivity index (χ0n) is 9.48. The molecule has 6 heteroatoms. The summed E-state index contributed by atoms with van der Waals surface area (Å²) in [7, 11) is 0. The van der Waals surface area contributed by atoms with Crippen LogP contribution in [0.15, 0.2) is 0 Å². The van der Waals surface area contributed by atoms with Crippen LogP contribution < -0.4 is 0 Å². The van der Waals surface area contributed by atoms with Gasteiger partial charge < -0.3 is 0 Å². The zero-order chi connectivity index (χ0) is 12.5. The molecule has 1 heterocycles. The Morgan fingerprint density at radius 3 is 2.12 bits per heavy atom. The molecule has 1 fully saturated rings. The molecule has 4 amide bonds. The fraction of sp³-hybridized carbons (Fsp3) is 0.600. The van der Waals surface area contributed by atoms with E-state index >= 15 is 0 Å². The molecule has 0 spiro atoms. The summed E-state index contributed by atoms with van der Waals surface area (Å²) < 4.78 is 0. The number of urea groups is 1. The van der Waals surface area contributed by atoms with Crippen LogP contribution in [0.4, 0.5) is 4.79 Å². The van der Waals surface area contributed by atoms with Crippen LogP contribution in [0, 0.1) is 11.3 Å². The van der Waals surface area contributed by atoms with Crippen molar-refractivity contribution in [1.29, 1.82) is 5.26 Å². The van der Waals surface area contributed by atoms with Crippen LogP contribution in [0.1, 0.15) is 27.2 Å². The second-order valence-electron chi connectivity index (χ2n) is 4.46. The number of imide groups is 2. The first kappa shape index (κ1) is 12.2. The maximum absolute atomic E-state index is 11.8. The van der Waals surface area contributed by atoms with Gasteiger partial charge in [0.05, 0.1) is 12.5 Å². The zero-order valence-corrected chi connectivity index (χ0v) is 9.48. The fourth-order valence-electron chi connectivity index (χ4n) is 1.46. The molecule has 1 aliphatic rings. The lowest BCUT2D eigenvalue weighted by atomic mass is 10.1. The van der Waals surface area contributed by atoms with Gasteiger partial charge in [0.1, 0.15) is 0 Å². The van der Waals surface area contributed by atoms with E-state index in [-0.39, 0.29) is 13.0 Å². The highest BCUT2D eigenvalue weighted by atomic mass is 16.2. The average molecular weight is 223 g/mol. The number of hydrogen-bond acceptors (Lipinski definition) is 4. The number of nitrogens with zero attached hydrogens (tertiary/aromatic N) is 3. The Balaban J connectivity index is 2.96. The van der Waals surface area contributed by atoms with E-state index in [0.29, 0.717) is 0 Å². The second kappa shape index (κ2) is 3.93. The summed E-state index contributed by atoms with van der Waals surface area (Å²) >= 11 is 0. The number of carbonyl (C=O) groups excluding carboxylic acids is 3. The molecule has 6 nitrogen and oxygen atoms in total. The number of nitriles is 1. The first-order chi connectivity index (χ1) is 7.30. The molecule has 0 bridgehead atoms. The van der Waals surface area contributed by atoms with Crippen LogP contribution in [0.3, 0.4) is 0 Å². The highest BCUT2D eigenvalue weighted by Crippen LogP contribution is 2.22. The lowest BCUT2D eigenvalue weighted by Gasteiger charge is -2.28.